The number of aliphatic hydroxyl groups excluding tert-OH is 1. The number of ether oxygens (including phenoxy) is 3. The average Bonchev–Trinajstić information content (AvgIpc) is 3.06. The molecule has 5 rings (SSSR count). The first-order chi connectivity index (χ1) is 14.5. The number of cyclic esters (lactones) is 1. The van der Waals surface area contributed by atoms with E-state index in [1.54, 1.807) is 7.11 Å². The predicted octanol–water partition coefficient (Wildman–Crippen LogP) is 3.76. The van der Waals surface area contributed by atoms with Gasteiger partial charge >= 0.3 is 5.97 Å². The van der Waals surface area contributed by atoms with Crippen LogP contribution < -0.4 is 9.47 Å². The van der Waals surface area contributed by atoms with Crippen molar-refractivity contribution < 1.29 is 28.9 Å². The Morgan fingerprint density at radius 1 is 1.13 bits per heavy atom. The lowest BCUT2D eigenvalue weighted by atomic mass is 9.43. The highest BCUT2D eigenvalue weighted by Crippen LogP contribution is 2.64. The summed E-state index contributed by atoms with van der Waals surface area (Å²) in [7, 11) is 1.59. The van der Waals surface area contributed by atoms with E-state index in [9.17, 15) is 14.7 Å². The Balaban J connectivity index is 1.69. The van der Waals surface area contributed by atoms with Crippen LogP contribution in [0.3, 0.4) is 0 Å². The van der Waals surface area contributed by atoms with Crippen molar-refractivity contribution in [1.29, 1.82) is 0 Å². The molecule has 0 aromatic heterocycles. The molecule has 2 aliphatic carbocycles. The topological polar surface area (TPSA) is 82.1 Å². The zero-order valence-electron chi connectivity index (χ0n) is 19.3. The van der Waals surface area contributed by atoms with Gasteiger partial charge < -0.3 is 19.3 Å². The number of ketones is 1. The maximum absolute atomic E-state index is 12.8. The molecule has 168 valence electrons. The molecule has 0 spiro atoms. The molecule has 0 radical (unpaired) electrons. The van der Waals surface area contributed by atoms with Gasteiger partial charge in [-0.15, -0.1) is 0 Å². The summed E-state index contributed by atoms with van der Waals surface area (Å²) in [5.41, 5.74) is 1.73. The molecular formula is C25H32O6. The van der Waals surface area contributed by atoms with Crippen molar-refractivity contribution in [2.24, 2.45) is 22.7 Å². The van der Waals surface area contributed by atoms with Crippen LogP contribution in [0.5, 0.6) is 11.5 Å². The normalized spacial score (nSPS) is 37.7. The second kappa shape index (κ2) is 6.25. The standard InChI is InChI=1S/C25H32O6/c1-12-14-11-30-22(28)18(14)20(29-6)13-9-16-24(4)8-7-17(27)23(2,3)21(24)15(26)10-25(16,5)31-19(12)13/h15-16,21,26H,7-11H2,1-6H3/t15-,16-,21+,24-,25+/m1/s1. The predicted molar refractivity (Wildman–Crippen MR) is 113 cm³/mol. The van der Waals surface area contributed by atoms with Crippen molar-refractivity contribution >= 4 is 11.8 Å². The number of fused-ring (bicyclic) bond motifs is 5. The SMILES string of the molecule is COc1c2c(c(C)c3c1C(=O)OC3)O[C@@]1(C)C[C@@H](O)[C@H]3C(C)(C)C(=O)CC[C@]3(C)[C@H]1C2. The first-order valence-corrected chi connectivity index (χ1v) is 11.3. The van der Waals surface area contributed by atoms with E-state index in [-0.39, 0.29) is 35.6 Å². The van der Waals surface area contributed by atoms with E-state index < -0.39 is 17.1 Å². The number of esters is 1. The molecule has 2 fully saturated rings. The number of hydrogen-bond acceptors (Lipinski definition) is 6. The van der Waals surface area contributed by atoms with E-state index >= 15 is 0 Å². The number of benzene rings is 1. The Morgan fingerprint density at radius 2 is 1.84 bits per heavy atom. The summed E-state index contributed by atoms with van der Waals surface area (Å²) >= 11 is 0. The summed E-state index contributed by atoms with van der Waals surface area (Å²) in [5, 5.41) is 11.3. The zero-order valence-corrected chi connectivity index (χ0v) is 19.3. The number of carbonyl (C=O) groups is 2. The lowest BCUT2D eigenvalue weighted by Crippen LogP contribution is -2.67. The van der Waals surface area contributed by atoms with E-state index in [0.29, 0.717) is 30.6 Å². The molecule has 1 N–H and O–H groups in total. The number of hydrogen-bond donors (Lipinski definition) is 1. The number of Topliss-reactive ketones (excluding diaryl/α,β-unsaturated/α-hetero) is 1. The molecule has 4 aliphatic rings. The lowest BCUT2D eigenvalue weighted by molar-refractivity contribution is -0.208. The van der Waals surface area contributed by atoms with Crippen molar-refractivity contribution in [3.63, 3.8) is 0 Å². The highest BCUT2D eigenvalue weighted by Gasteiger charge is 2.66. The van der Waals surface area contributed by atoms with Gasteiger partial charge in [-0.1, -0.05) is 20.8 Å². The smallest absolute Gasteiger partial charge is 0.342 e. The first kappa shape index (κ1) is 20.8. The maximum Gasteiger partial charge on any atom is 0.342 e. The van der Waals surface area contributed by atoms with Crippen molar-refractivity contribution in [2.45, 2.75) is 78.6 Å². The fraction of sp³-hybridized carbons (Fsp3) is 0.680. The van der Waals surface area contributed by atoms with Crippen LogP contribution in [0.4, 0.5) is 0 Å². The Labute approximate surface area is 183 Å². The summed E-state index contributed by atoms with van der Waals surface area (Å²) in [6, 6.07) is 0. The highest BCUT2D eigenvalue weighted by molar-refractivity contribution is 5.98. The van der Waals surface area contributed by atoms with Gasteiger partial charge in [0.25, 0.3) is 0 Å². The fourth-order valence-electron chi connectivity index (χ4n) is 7.64. The van der Waals surface area contributed by atoms with E-state index in [0.717, 1.165) is 28.9 Å². The lowest BCUT2D eigenvalue weighted by Gasteiger charge is -2.64. The second-order valence-electron chi connectivity index (χ2n) is 11.0. The van der Waals surface area contributed by atoms with E-state index in [2.05, 4.69) is 13.8 Å². The number of aliphatic hydroxyl groups is 1. The van der Waals surface area contributed by atoms with Gasteiger partial charge in [-0.25, -0.2) is 4.79 Å². The van der Waals surface area contributed by atoms with Gasteiger partial charge in [-0.05, 0) is 37.7 Å². The van der Waals surface area contributed by atoms with Crippen LogP contribution in [0.25, 0.3) is 0 Å². The average molecular weight is 429 g/mol. The minimum Gasteiger partial charge on any atom is -0.495 e. The van der Waals surface area contributed by atoms with Crippen molar-refractivity contribution in [3.05, 3.63) is 22.3 Å². The third-order valence-electron chi connectivity index (χ3n) is 9.00. The summed E-state index contributed by atoms with van der Waals surface area (Å²) in [6.45, 7) is 10.5. The number of carbonyl (C=O) groups excluding carboxylic acids is 2. The number of methoxy groups -OCH3 is 1. The van der Waals surface area contributed by atoms with Crippen molar-refractivity contribution in [1.82, 2.24) is 0 Å². The maximum atomic E-state index is 12.8. The molecule has 31 heavy (non-hydrogen) atoms. The van der Waals surface area contributed by atoms with Crippen molar-refractivity contribution in [3.8, 4) is 11.5 Å². The minimum absolute atomic E-state index is 0.0806. The largest absolute Gasteiger partial charge is 0.495 e. The van der Waals surface area contributed by atoms with Gasteiger partial charge in [0, 0.05) is 41.2 Å². The highest BCUT2D eigenvalue weighted by atomic mass is 16.5. The van der Waals surface area contributed by atoms with Crippen molar-refractivity contribution in [2.75, 3.05) is 7.11 Å². The van der Waals surface area contributed by atoms with Crippen LogP contribution >= 0.6 is 0 Å². The van der Waals surface area contributed by atoms with Gasteiger partial charge in [-0.2, -0.15) is 0 Å². The molecule has 6 nitrogen and oxygen atoms in total. The summed E-state index contributed by atoms with van der Waals surface area (Å²) in [4.78, 5) is 25.3. The molecule has 5 atom stereocenters. The third-order valence-corrected chi connectivity index (χ3v) is 9.00. The van der Waals surface area contributed by atoms with Crippen LogP contribution in [0.2, 0.25) is 0 Å². The molecule has 1 aromatic carbocycles. The minimum atomic E-state index is -0.617. The molecule has 0 amide bonds. The van der Waals surface area contributed by atoms with Gasteiger partial charge in [0.05, 0.1) is 13.2 Å². The van der Waals surface area contributed by atoms with Gasteiger partial charge in [0.15, 0.2) is 0 Å². The molecule has 2 aliphatic heterocycles. The van der Waals surface area contributed by atoms with Gasteiger partial charge in [-0.3, -0.25) is 4.79 Å². The molecule has 2 saturated carbocycles. The van der Waals surface area contributed by atoms with Gasteiger partial charge in [0.2, 0.25) is 0 Å². The van der Waals surface area contributed by atoms with Crippen LogP contribution in [0.1, 0.15) is 74.0 Å². The Morgan fingerprint density at radius 3 is 2.52 bits per heavy atom. The fourth-order valence-corrected chi connectivity index (χ4v) is 7.64. The van der Waals surface area contributed by atoms with Crippen LogP contribution in [-0.4, -0.2) is 35.7 Å². The van der Waals surface area contributed by atoms with E-state index in [4.69, 9.17) is 14.2 Å². The van der Waals surface area contributed by atoms with Gasteiger partial charge in [0.1, 0.15) is 35.1 Å². The first-order valence-electron chi connectivity index (χ1n) is 11.3. The van der Waals surface area contributed by atoms with Crippen LogP contribution in [0, 0.1) is 29.6 Å². The Bertz CT molecular complexity index is 1010. The Kier molecular flexibility index (Phi) is 4.19. The molecule has 6 heteroatoms. The molecule has 2 heterocycles. The third kappa shape index (κ3) is 2.48. The van der Waals surface area contributed by atoms with E-state index in [1.165, 1.54) is 0 Å². The monoisotopic (exact) mass is 428 g/mol. The second-order valence-corrected chi connectivity index (χ2v) is 11.0. The summed E-state index contributed by atoms with van der Waals surface area (Å²) in [6.07, 6.45) is 1.78. The zero-order chi connectivity index (χ0) is 22.5. The summed E-state index contributed by atoms with van der Waals surface area (Å²) < 4.78 is 17.8. The molecule has 1 aromatic rings. The van der Waals surface area contributed by atoms with E-state index in [1.807, 2.05) is 20.8 Å². The van der Waals surface area contributed by atoms with Crippen LogP contribution in [0.15, 0.2) is 0 Å². The Hall–Kier alpha value is -2.08. The number of rotatable bonds is 1. The van der Waals surface area contributed by atoms with Crippen LogP contribution in [-0.2, 0) is 22.6 Å². The quantitative estimate of drug-likeness (QED) is 0.686. The molecule has 0 saturated heterocycles. The molecule has 0 bridgehead atoms. The molecule has 0 unspecified atom stereocenters. The summed E-state index contributed by atoms with van der Waals surface area (Å²) in [5.74, 6) is 1.13. The molecular weight excluding hydrogens is 396 g/mol.